The topological polar surface area (TPSA) is 69.8 Å². The highest BCUT2D eigenvalue weighted by atomic mass is 19.2. The Morgan fingerprint density at radius 2 is 2.03 bits per heavy atom. The quantitative estimate of drug-likeness (QED) is 0.507. The van der Waals surface area contributed by atoms with Crippen LogP contribution in [0.3, 0.4) is 0 Å². The van der Waals surface area contributed by atoms with E-state index in [1.165, 1.54) is 17.1 Å². The molecule has 4 aromatic rings. The van der Waals surface area contributed by atoms with Crippen molar-refractivity contribution in [1.82, 2.24) is 24.5 Å². The molecule has 7 nitrogen and oxygen atoms in total. The van der Waals surface area contributed by atoms with Crippen molar-refractivity contribution in [1.29, 1.82) is 0 Å². The van der Waals surface area contributed by atoms with E-state index in [0.717, 1.165) is 23.4 Å². The van der Waals surface area contributed by atoms with E-state index in [1.807, 2.05) is 37.4 Å². The number of ether oxygens (including phenoxy) is 1. The smallest absolute Gasteiger partial charge is 0.246 e. The van der Waals surface area contributed by atoms with E-state index in [0.29, 0.717) is 30.5 Å². The lowest BCUT2D eigenvalue weighted by Crippen LogP contribution is -2.08. The molecule has 0 atom stereocenters. The van der Waals surface area contributed by atoms with Crippen molar-refractivity contribution in [2.45, 2.75) is 13.5 Å². The number of halogens is 2. The fourth-order valence-corrected chi connectivity index (χ4v) is 2.79. The summed E-state index contributed by atoms with van der Waals surface area (Å²) in [6.45, 7) is 3.08. The largest absolute Gasteiger partial charge is 0.492 e. The third-order valence-corrected chi connectivity index (χ3v) is 4.11. The molecule has 2 aromatic carbocycles. The maximum atomic E-state index is 13.4. The third-order valence-electron chi connectivity index (χ3n) is 4.11. The molecule has 9 heteroatoms. The minimum atomic E-state index is -0.942. The third kappa shape index (κ3) is 4.57. The molecule has 0 radical (unpaired) electrons. The number of nitrogens with one attached hydrogen (secondary N) is 1. The Morgan fingerprint density at radius 1 is 1.14 bits per heavy atom. The molecule has 0 saturated heterocycles. The van der Waals surface area contributed by atoms with Crippen molar-refractivity contribution in [2.24, 2.45) is 0 Å². The van der Waals surface area contributed by atoms with Crippen molar-refractivity contribution in [3.05, 3.63) is 78.4 Å². The van der Waals surface area contributed by atoms with Crippen molar-refractivity contribution < 1.29 is 14.9 Å². The van der Waals surface area contributed by atoms with E-state index in [1.54, 1.807) is 10.9 Å². The highest BCUT2D eigenvalue weighted by Gasteiger charge is 2.08. The first kappa shape index (κ1) is 18.6. The van der Waals surface area contributed by atoms with Gasteiger partial charge in [0.2, 0.25) is 5.95 Å². The highest BCUT2D eigenvalue weighted by molar-refractivity contribution is 5.57. The molecule has 0 aliphatic rings. The Bertz CT molecular complexity index is 1120. The summed E-state index contributed by atoms with van der Waals surface area (Å²) in [6, 6.07) is 11.1. The van der Waals surface area contributed by atoms with Gasteiger partial charge in [-0.3, -0.25) is 4.68 Å². The van der Waals surface area contributed by atoms with E-state index in [4.69, 9.17) is 4.74 Å². The summed E-state index contributed by atoms with van der Waals surface area (Å²) in [5.74, 6) is -0.822. The average Bonchev–Trinajstić information content (AvgIpc) is 3.36. The van der Waals surface area contributed by atoms with Crippen LogP contribution in [0, 0.1) is 18.6 Å². The van der Waals surface area contributed by atoms with Crippen LogP contribution in [-0.2, 0) is 6.54 Å². The van der Waals surface area contributed by atoms with Crippen molar-refractivity contribution in [2.75, 3.05) is 11.9 Å². The molecule has 29 heavy (non-hydrogen) atoms. The van der Waals surface area contributed by atoms with E-state index in [2.05, 4.69) is 20.5 Å². The molecule has 0 unspecified atom stereocenters. The fraction of sp³-hybridized carbons (Fsp3) is 0.150. The lowest BCUT2D eigenvalue weighted by Gasteiger charge is -2.10. The van der Waals surface area contributed by atoms with E-state index in [-0.39, 0.29) is 1.43 Å². The number of hydrogen-bond donors (Lipinski definition) is 1. The van der Waals surface area contributed by atoms with Crippen LogP contribution in [0.15, 0.2) is 61.2 Å². The Labute approximate surface area is 167 Å². The second-order valence-corrected chi connectivity index (χ2v) is 6.39. The van der Waals surface area contributed by atoms with Crippen LogP contribution >= 0.6 is 0 Å². The SMILES string of the molecule is Cc1cc(Nc2ncn(-c3ccc(F)c(F)c3)n2)cc(OCCn2cccn2)c1.[HH]. The van der Waals surface area contributed by atoms with Gasteiger partial charge in [-0.05, 0) is 42.8 Å². The van der Waals surface area contributed by atoms with Crippen LogP contribution in [0.1, 0.15) is 6.99 Å². The van der Waals surface area contributed by atoms with Crippen LogP contribution in [0.4, 0.5) is 20.4 Å². The molecule has 0 amide bonds. The molecule has 0 aliphatic heterocycles. The van der Waals surface area contributed by atoms with Gasteiger partial charge in [-0.25, -0.2) is 13.5 Å². The first-order chi connectivity index (χ1) is 14.1. The Hall–Kier alpha value is -3.75. The highest BCUT2D eigenvalue weighted by Crippen LogP contribution is 2.23. The molecule has 1 N–H and O–H groups in total. The van der Waals surface area contributed by atoms with Crippen LogP contribution in [-0.4, -0.2) is 31.2 Å². The van der Waals surface area contributed by atoms with Crippen molar-refractivity contribution in [3.63, 3.8) is 0 Å². The van der Waals surface area contributed by atoms with Gasteiger partial charge in [0.1, 0.15) is 18.7 Å². The maximum absolute atomic E-state index is 13.4. The Morgan fingerprint density at radius 3 is 2.83 bits per heavy atom. The monoisotopic (exact) mass is 398 g/mol. The van der Waals surface area contributed by atoms with Gasteiger partial charge >= 0.3 is 0 Å². The summed E-state index contributed by atoms with van der Waals surface area (Å²) in [7, 11) is 0. The van der Waals surface area contributed by atoms with Crippen LogP contribution in [0.5, 0.6) is 5.75 Å². The molecule has 0 aliphatic carbocycles. The summed E-state index contributed by atoms with van der Waals surface area (Å²) in [5.41, 5.74) is 2.13. The first-order valence-electron chi connectivity index (χ1n) is 8.93. The minimum Gasteiger partial charge on any atom is -0.492 e. The number of aryl methyl sites for hydroxylation is 1. The second kappa shape index (κ2) is 8.09. The predicted octanol–water partition coefficient (Wildman–Crippen LogP) is 4.12. The van der Waals surface area contributed by atoms with Gasteiger partial charge in [0, 0.05) is 31.6 Å². The molecule has 4 rings (SSSR count). The zero-order chi connectivity index (χ0) is 20.2. The van der Waals surface area contributed by atoms with Gasteiger partial charge in [-0.15, -0.1) is 5.10 Å². The van der Waals surface area contributed by atoms with Gasteiger partial charge in [-0.2, -0.15) is 10.1 Å². The summed E-state index contributed by atoms with van der Waals surface area (Å²) in [5, 5.41) is 11.5. The fourth-order valence-electron chi connectivity index (χ4n) is 2.79. The average molecular weight is 398 g/mol. The Kier molecular flexibility index (Phi) is 5.19. The number of benzene rings is 2. The van der Waals surface area contributed by atoms with Crippen LogP contribution < -0.4 is 10.1 Å². The summed E-state index contributed by atoms with van der Waals surface area (Å²) >= 11 is 0. The van der Waals surface area contributed by atoms with E-state index < -0.39 is 11.6 Å². The summed E-state index contributed by atoms with van der Waals surface area (Å²) in [6.07, 6.45) is 5.02. The first-order valence-corrected chi connectivity index (χ1v) is 8.93. The number of hydrogen-bond acceptors (Lipinski definition) is 5. The molecule has 0 fully saturated rings. The Balaban J connectivity index is 0.00000256. The van der Waals surface area contributed by atoms with Gasteiger partial charge in [0.15, 0.2) is 11.6 Å². The molecule has 0 saturated carbocycles. The lowest BCUT2D eigenvalue weighted by molar-refractivity contribution is 0.291. The van der Waals surface area contributed by atoms with Crippen LogP contribution in [0.2, 0.25) is 0 Å². The standard InChI is InChI=1S/C20H18F2N6O.H2/c1-14-9-15(11-17(10-14)29-8-7-27-6-2-5-24-27)25-20-23-13-28(26-20)16-3-4-18(21)19(22)12-16;/h2-6,9-13H,7-8H2,1H3,(H,25,26);1H. The van der Waals surface area contributed by atoms with Gasteiger partial charge < -0.3 is 10.1 Å². The predicted molar refractivity (Wildman–Crippen MR) is 106 cm³/mol. The minimum absolute atomic E-state index is 0. The summed E-state index contributed by atoms with van der Waals surface area (Å²) in [4.78, 5) is 4.17. The molecule has 0 spiro atoms. The van der Waals surface area contributed by atoms with Gasteiger partial charge in [0.25, 0.3) is 0 Å². The van der Waals surface area contributed by atoms with Crippen LogP contribution in [0.25, 0.3) is 5.69 Å². The number of rotatable bonds is 7. The molecular formula is C20H20F2N6O. The molecule has 0 bridgehead atoms. The number of nitrogens with zero attached hydrogens (tertiary/aromatic N) is 5. The van der Waals surface area contributed by atoms with Gasteiger partial charge in [-0.1, -0.05) is 0 Å². The zero-order valence-corrected chi connectivity index (χ0v) is 15.6. The normalized spacial score (nSPS) is 10.9. The lowest BCUT2D eigenvalue weighted by atomic mass is 10.2. The molecular weight excluding hydrogens is 378 g/mol. The molecule has 2 heterocycles. The molecule has 2 aromatic heterocycles. The zero-order valence-electron chi connectivity index (χ0n) is 15.6. The maximum Gasteiger partial charge on any atom is 0.246 e. The number of anilines is 2. The van der Waals surface area contributed by atoms with Gasteiger partial charge in [0.05, 0.1) is 12.2 Å². The summed E-state index contributed by atoms with van der Waals surface area (Å²) < 4.78 is 35.5. The second-order valence-electron chi connectivity index (χ2n) is 6.39. The molecule has 150 valence electrons. The van der Waals surface area contributed by atoms with Crippen molar-refractivity contribution >= 4 is 11.6 Å². The van der Waals surface area contributed by atoms with E-state index >= 15 is 0 Å². The number of aromatic nitrogens is 5. The van der Waals surface area contributed by atoms with E-state index in [9.17, 15) is 8.78 Å². The van der Waals surface area contributed by atoms with Crippen molar-refractivity contribution in [3.8, 4) is 11.4 Å².